The third kappa shape index (κ3) is 3.76. The number of halogens is 1. The highest BCUT2D eigenvalue weighted by Crippen LogP contribution is 2.23. The lowest BCUT2D eigenvalue weighted by Gasteiger charge is -2.30. The van der Waals surface area contributed by atoms with Crippen molar-refractivity contribution in [1.29, 1.82) is 0 Å². The van der Waals surface area contributed by atoms with Crippen molar-refractivity contribution in [2.75, 3.05) is 11.9 Å². The monoisotopic (exact) mass is 302 g/mol. The Balaban J connectivity index is 2.14. The highest BCUT2D eigenvalue weighted by molar-refractivity contribution is 6.30. The first-order valence-electron chi connectivity index (χ1n) is 6.77. The van der Waals surface area contributed by atoms with Gasteiger partial charge in [0.05, 0.1) is 5.54 Å². The standard InChI is InChI=1S/C17H19ClN2O/c1-17(2,13-8-7-9-14(18)12-13)19-16(21)20(3)15-10-5-4-6-11-15/h4-12H,1-3H3,(H,19,21). The summed E-state index contributed by atoms with van der Waals surface area (Å²) in [4.78, 5) is 14.0. The number of para-hydroxylation sites is 1. The van der Waals surface area contributed by atoms with Gasteiger partial charge >= 0.3 is 6.03 Å². The van der Waals surface area contributed by atoms with E-state index in [4.69, 9.17) is 11.6 Å². The number of nitrogens with one attached hydrogen (secondary N) is 1. The van der Waals surface area contributed by atoms with E-state index in [9.17, 15) is 4.79 Å². The number of hydrogen-bond donors (Lipinski definition) is 1. The van der Waals surface area contributed by atoms with Gasteiger partial charge < -0.3 is 5.32 Å². The molecule has 0 aliphatic heterocycles. The van der Waals surface area contributed by atoms with Crippen LogP contribution in [0.3, 0.4) is 0 Å². The summed E-state index contributed by atoms with van der Waals surface area (Å²) < 4.78 is 0. The molecule has 0 aromatic heterocycles. The number of benzene rings is 2. The molecule has 2 rings (SSSR count). The Morgan fingerprint density at radius 3 is 2.38 bits per heavy atom. The summed E-state index contributed by atoms with van der Waals surface area (Å²) in [6.45, 7) is 3.91. The van der Waals surface area contributed by atoms with Gasteiger partial charge in [0.1, 0.15) is 0 Å². The lowest BCUT2D eigenvalue weighted by Crippen LogP contribution is -2.47. The fourth-order valence-electron chi connectivity index (χ4n) is 2.07. The van der Waals surface area contributed by atoms with Crippen molar-refractivity contribution in [2.45, 2.75) is 19.4 Å². The molecule has 2 aromatic rings. The van der Waals surface area contributed by atoms with E-state index < -0.39 is 5.54 Å². The Morgan fingerprint density at radius 2 is 1.76 bits per heavy atom. The maximum atomic E-state index is 12.4. The Morgan fingerprint density at radius 1 is 1.10 bits per heavy atom. The van der Waals surface area contributed by atoms with Crippen LogP contribution in [0.15, 0.2) is 54.6 Å². The molecule has 0 bridgehead atoms. The first-order chi connectivity index (χ1) is 9.90. The topological polar surface area (TPSA) is 32.3 Å². The van der Waals surface area contributed by atoms with Crippen LogP contribution in [0.4, 0.5) is 10.5 Å². The van der Waals surface area contributed by atoms with Crippen LogP contribution in [0, 0.1) is 0 Å². The summed E-state index contributed by atoms with van der Waals surface area (Å²) >= 11 is 6.02. The number of carbonyl (C=O) groups excluding carboxylic acids is 1. The number of hydrogen-bond acceptors (Lipinski definition) is 1. The Kier molecular flexibility index (Phi) is 4.53. The van der Waals surface area contributed by atoms with Gasteiger partial charge in [-0.2, -0.15) is 0 Å². The summed E-state index contributed by atoms with van der Waals surface area (Å²) in [5, 5.41) is 3.68. The highest BCUT2D eigenvalue weighted by atomic mass is 35.5. The van der Waals surface area contributed by atoms with Gasteiger partial charge in [-0.05, 0) is 43.7 Å². The zero-order chi connectivity index (χ0) is 15.5. The van der Waals surface area contributed by atoms with Crippen LogP contribution in [0.25, 0.3) is 0 Å². The van der Waals surface area contributed by atoms with Crippen LogP contribution in [-0.2, 0) is 5.54 Å². The largest absolute Gasteiger partial charge is 0.329 e. The Labute approximate surface area is 130 Å². The van der Waals surface area contributed by atoms with Crippen molar-refractivity contribution in [2.24, 2.45) is 0 Å². The summed E-state index contributed by atoms with van der Waals surface area (Å²) in [5.41, 5.74) is 1.30. The fraction of sp³-hybridized carbons (Fsp3) is 0.235. The summed E-state index contributed by atoms with van der Waals surface area (Å²) in [7, 11) is 1.75. The van der Waals surface area contributed by atoms with E-state index in [0.29, 0.717) is 5.02 Å². The van der Waals surface area contributed by atoms with Gasteiger partial charge in [0.25, 0.3) is 0 Å². The van der Waals surface area contributed by atoms with Gasteiger partial charge in [-0.3, -0.25) is 4.90 Å². The minimum Gasteiger partial charge on any atom is -0.329 e. The number of nitrogens with zero attached hydrogens (tertiary/aromatic N) is 1. The molecule has 0 radical (unpaired) electrons. The Hall–Kier alpha value is -2.00. The molecule has 21 heavy (non-hydrogen) atoms. The average molecular weight is 303 g/mol. The predicted octanol–water partition coefficient (Wildman–Crippen LogP) is 4.42. The van der Waals surface area contributed by atoms with E-state index >= 15 is 0 Å². The first kappa shape index (κ1) is 15.4. The third-order valence-electron chi connectivity index (χ3n) is 3.41. The number of urea groups is 1. The molecule has 2 amide bonds. The van der Waals surface area contributed by atoms with E-state index in [2.05, 4.69) is 5.32 Å². The van der Waals surface area contributed by atoms with Gasteiger partial charge in [-0.15, -0.1) is 0 Å². The molecule has 4 heteroatoms. The van der Waals surface area contributed by atoms with Crippen LogP contribution < -0.4 is 10.2 Å². The number of anilines is 1. The number of rotatable bonds is 3. The van der Waals surface area contributed by atoms with Crippen LogP contribution in [0.5, 0.6) is 0 Å². The van der Waals surface area contributed by atoms with Crippen LogP contribution >= 0.6 is 11.6 Å². The molecule has 0 saturated heterocycles. The maximum Gasteiger partial charge on any atom is 0.322 e. The van der Waals surface area contributed by atoms with Gasteiger partial charge in [0, 0.05) is 17.8 Å². The normalized spacial score (nSPS) is 11.0. The highest BCUT2D eigenvalue weighted by Gasteiger charge is 2.25. The van der Waals surface area contributed by atoms with Crippen molar-refractivity contribution >= 4 is 23.3 Å². The minimum atomic E-state index is -0.509. The van der Waals surface area contributed by atoms with E-state index in [1.807, 2.05) is 68.4 Å². The van der Waals surface area contributed by atoms with Crippen LogP contribution in [0.1, 0.15) is 19.4 Å². The van der Waals surface area contributed by atoms with E-state index in [0.717, 1.165) is 11.3 Å². The summed E-state index contributed by atoms with van der Waals surface area (Å²) in [6.07, 6.45) is 0. The van der Waals surface area contributed by atoms with Crippen LogP contribution in [0.2, 0.25) is 5.02 Å². The molecule has 3 nitrogen and oxygen atoms in total. The molecule has 110 valence electrons. The van der Waals surface area contributed by atoms with Crippen molar-refractivity contribution in [3.63, 3.8) is 0 Å². The van der Waals surface area contributed by atoms with E-state index in [1.54, 1.807) is 11.9 Å². The number of amides is 2. The first-order valence-corrected chi connectivity index (χ1v) is 7.15. The molecular formula is C17H19ClN2O. The molecule has 0 aliphatic carbocycles. The Bertz CT molecular complexity index is 626. The molecule has 0 heterocycles. The SMILES string of the molecule is CN(C(=O)NC(C)(C)c1cccc(Cl)c1)c1ccccc1. The minimum absolute atomic E-state index is 0.161. The molecule has 0 saturated carbocycles. The second-order valence-electron chi connectivity index (χ2n) is 5.46. The maximum absolute atomic E-state index is 12.4. The molecule has 1 N–H and O–H groups in total. The van der Waals surface area contributed by atoms with E-state index in [-0.39, 0.29) is 6.03 Å². The molecule has 0 fully saturated rings. The van der Waals surface area contributed by atoms with Gasteiger partial charge in [0.2, 0.25) is 0 Å². The van der Waals surface area contributed by atoms with Crippen molar-refractivity contribution < 1.29 is 4.79 Å². The van der Waals surface area contributed by atoms with Gasteiger partial charge in [0.15, 0.2) is 0 Å². The zero-order valence-electron chi connectivity index (χ0n) is 12.4. The molecule has 0 spiro atoms. The second-order valence-corrected chi connectivity index (χ2v) is 5.90. The third-order valence-corrected chi connectivity index (χ3v) is 3.65. The molecule has 0 unspecified atom stereocenters. The lowest BCUT2D eigenvalue weighted by molar-refractivity contribution is 0.237. The molecular weight excluding hydrogens is 284 g/mol. The van der Waals surface area contributed by atoms with Gasteiger partial charge in [-0.1, -0.05) is 41.9 Å². The fourth-order valence-corrected chi connectivity index (χ4v) is 2.26. The molecule has 0 aliphatic rings. The summed E-state index contributed by atoms with van der Waals surface area (Å²) in [6, 6.07) is 16.9. The summed E-state index contributed by atoms with van der Waals surface area (Å²) in [5.74, 6) is 0. The van der Waals surface area contributed by atoms with Gasteiger partial charge in [-0.25, -0.2) is 4.79 Å². The number of carbonyl (C=O) groups is 1. The smallest absolute Gasteiger partial charge is 0.322 e. The van der Waals surface area contributed by atoms with Crippen molar-refractivity contribution in [1.82, 2.24) is 5.32 Å². The quantitative estimate of drug-likeness (QED) is 0.894. The molecule has 0 atom stereocenters. The predicted molar refractivity (Wildman–Crippen MR) is 87.9 cm³/mol. The van der Waals surface area contributed by atoms with Crippen molar-refractivity contribution in [3.8, 4) is 0 Å². The lowest BCUT2D eigenvalue weighted by atomic mass is 9.94. The van der Waals surface area contributed by atoms with Crippen molar-refractivity contribution in [3.05, 3.63) is 65.2 Å². The zero-order valence-corrected chi connectivity index (χ0v) is 13.2. The average Bonchev–Trinajstić information content (AvgIpc) is 2.47. The molecule has 2 aromatic carbocycles. The van der Waals surface area contributed by atoms with E-state index in [1.165, 1.54) is 0 Å². The van der Waals surface area contributed by atoms with Crippen LogP contribution in [-0.4, -0.2) is 13.1 Å². The second kappa shape index (κ2) is 6.19.